The lowest BCUT2D eigenvalue weighted by Gasteiger charge is -2.07. The molecule has 0 bridgehead atoms. The van der Waals surface area contributed by atoms with Gasteiger partial charge >= 0.3 is 0 Å². The standard InChI is InChI=1S/C15H12N4/c16-15(17)11-6-2-1-5-10(11)14-9-18-12-7-3-4-8-13(12)19-14/h1-9H,(H3,16,17). The van der Waals surface area contributed by atoms with Crippen molar-refractivity contribution in [3.05, 3.63) is 60.3 Å². The maximum absolute atomic E-state index is 7.62. The number of aromatic nitrogens is 2. The Bertz CT molecular complexity index is 765. The normalized spacial score (nSPS) is 10.5. The number of rotatable bonds is 2. The van der Waals surface area contributed by atoms with Gasteiger partial charge in [0.05, 0.1) is 22.9 Å². The van der Waals surface area contributed by atoms with Crippen molar-refractivity contribution in [1.82, 2.24) is 9.97 Å². The molecule has 4 heteroatoms. The highest BCUT2D eigenvalue weighted by Crippen LogP contribution is 2.22. The van der Waals surface area contributed by atoms with Crippen molar-refractivity contribution in [3.63, 3.8) is 0 Å². The van der Waals surface area contributed by atoms with E-state index in [-0.39, 0.29) is 5.84 Å². The van der Waals surface area contributed by atoms with Gasteiger partial charge in [-0.05, 0) is 12.1 Å². The summed E-state index contributed by atoms with van der Waals surface area (Å²) in [6.45, 7) is 0. The van der Waals surface area contributed by atoms with E-state index in [0.29, 0.717) is 5.56 Å². The van der Waals surface area contributed by atoms with Crippen LogP contribution in [0.2, 0.25) is 0 Å². The highest BCUT2D eigenvalue weighted by molar-refractivity contribution is 6.01. The molecule has 3 aromatic rings. The van der Waals surface area contributed by atoms with Gasteiger partial charge in [0.1, 0.15) is 5.84 Å². The second-order valence-corrected chi connectivity index (χ2v) is 4.20. The quantitative estimate of drug-likeness (QED) is 0.540. The molecular formula is C15H12N4. The summed E-state index contributed by atoms with van der Waals surface area (Å²) in [5.74, 6) is 0.0329. The van der Waals surface area contributed by atoms with Crippen molar-refractivity contribution >= 4 is 16.9 Å². The summed E-state index contributed by atoms with van der Waals surface area (Å²) in [6, 6.07) is 15.2. The van der Waals surface area contributed by atoms with Gasteiger partial charge in [-0.1, -0.05) is 36.4 Å². The van der Waals surface area contributed by atoms with Crippen molar-refractivity contribution < 1.29 is 0 Å². The predicted molar refractivity (Wildman–Crippen MR) is 76.0 cm³/mol. The SMILES string of the molecule is N=C(N)c1ccccc1-c1cnc2ccccc2n1. The average Bonchev–Trinajstić information content (AvgIpc) is 2.46. The number of para-hydroxylation sites is 2. The number of nitrogens with zero attached hydrogens (tertiary/aromatic N) is 2. The number of fused-ring (bicyclic) bond motifs is 1. The van der Waals surface area contributed by atoms with E-state index < -0.39 is 0 Å². The fourth-order valence-corrected chi connectivity index (χ4v) is 2.03. The topological polar surface area (TPSA) is 75.7 Å². The number of hydrogen-bond donors (Lipinski definition) is 2. The molecule has 1 heterocycles. The van der Waals surface area contributed by atoms with Gasteiger partial charge < -0.3 is 5.73 Å². The van der Waals surface area contributed by atoms with Crippen molar-refractivity contribution in [2.45, 2.75) is 0 Å². The van der Waals surface area contributed by atoms with Crippen LogP contribution < -0.4 is 5.73 Å². The molecule has 0 unspecified atom stereocenters. The zero-order valence-electron chi connectivity index (χ0n) is 10.2. The lowest BCUT2D eigenvalue weighted by molar-refractivity contribution is 1.29. The van der Waals surface area contributed by atoms with Crippen LogP contribution in [0.4, 0.5) is 0 Å². The molecule has 0 fully saturated rings. The lowest BCUT2D eigenvalue weighted by Crippen LogP contribution is -2.12. The summed E-state index contributed by atoms with van der Waals surface area (Å²) in [5.41, 5.74) is 9.51. The Balaban J connectivity index is 2.22. The summed E-state index contributed by atoms with van der Waals surface area (Å²) in [5, 5.41) is 7.62. The smallest absolute Gasteiger partial charge is 0.123 e. The molecule has 3 rings (SSSR count). The first-order chi connectivity index (χ1) is 9.25. The second-order valence-electron chi connectivity index (χ2n) is 4.20. The van der Waals surface area contributed by atoms with Crippen LogP contribution in [0.3, 0.4) is 0 Å². The molecule has 0 aliphatic carbocycles. The van der Waals surface area contributed by atoms with E-state index in [1.54, 1.807) is 6.20 Å². The van der Waals surface area contributed by atoms with Gasteiger partial charge in [-0.2, -0.15) is 0 Å². The predicted octanol–water partition coefficient (Wildman–Crippen LogP) is 2.58. The molecule has 0 amide bonds. The Morgan fingerprint density at radius 3 is 2.42 bits per heavy atom. The van der Waals surface area contributed by atoms with Gasteiger partial charge in [0.15, 0.2) is 0 Å². The molecule has 2 aromatic carbocycles. The molecule has 1 aromatic heterocycles. The summed E-state index contributed by atoms with van der Waals surface area (Å²) in [6.07, 6.45) is 1.71. The molecular weight excluding hydrogens is 236 g/mol. The fourth-order valence-electron chi connectivity index (χ4n) is 2.03. The van der Waals surface area contributed by atoms with Crippen LogP contribution in [-0.4, -0.2) is 15.8 Å². The van der Waals surface area contributed by atoms with Crippen LogP contribution in [0.1, 0.15) is 5.56 Å². The number of nitrogens with one attached hydrogen (secondary N) is 1. The zero-order chi connectivity index (χ0) is 13.2. The maximum Gasteiger partial charge on any atom is 0.123 e. The number of nitrogen functional groups attached to an aromatic ring is 1. The van der Waals surface area contributed by atoms with E-state index in [9.17, 15) is 0 Å². The fraction of sp³-hybridized carbons (Fsp3) is 0. The van der Waals surface area contributed by atoms with Crippen molar-refractivity contribution in [2.75, 3.05) is 0 Å². The van der Waals surface area contributed by atoms with Crippen LogP contribution in [0.25, 0.3) is 22.3 Å². The summed E-state index contributed by atoms with van der Waals surface area (Å²) < 4.78 is 0. The minimum Gasteiger partial charge on any atom is -0.384 e. The summed E-state index contributed by atoms with van der Waals surface area (Å²) in [4.78, 5) is 8.96. The Labute approximate surface area is 110 Å². The van der Waals surface area contributed by atoms with E-state index in [2.05, 4.69) is 9.97 Å². The number of nitrogens with two attached hydrogens (primary N) is 1. The van der Waals surface area contributed by atoms with Crippen LogP contribution in [0.15, 0.2) is 54.7 Å². The Kier molecular flexibility index (Phi) is 2.68. The van der Waals surface area contributed by atoms with E-state index in [0.717, 1.165) is 22.3 Å². The maximum atomic E-state index is 7.62. The number of benzene rings is 2. The minimum atomic E-state index is 0.0329. The highest BCUT2D eigenvalue weighted by Gasteiger charge is 2.09. The molecule has 0 saturated heterocycles. The van der Waals surface area contributed by atoms with Gasteiger partial charge in [-0.3, -0.25) is 10.4 Å². The van der Waals surface area contributed by atoms with Crippen LogP contribution in [0, 0.1) is 5.41 Å². The van der Waals surface area contributed by atoms with Gasteiger partial charge in [-0.15, -0.1) is 0 Å². The molecule has 0 aliphatic heterocycles. The third-order valence-corrected chi connectivity index (χ3v) is 2.94. The van der Waals surface area contributed by atoms with E-state index in [4.69, 9.17) is 11.1 Å². The van der Waals surface area contributed by atoms with Crippen molar-refractivity contribution in [3.8, 4) is 11.3 Å². The lowest BCUT2D eigenvalue weighted by atomic mass is 10.0. The van der Waals surface area contributed by atoms with Gasteiger partial charge in [0.2, 0.25) is 0 Å². The van der Waals surface area contributed by atoms with Crippen molar-refractivity contribution in [2.24, 2.45) is 5.73 Å². The Morgan fingerprint density at radius 1 is 0.947 bits per heavy atom. The number of hydrogen-bond acceptors (Lipinski definition) is 3. The molecule has 92 valence electrons. The molecule has 0 radical (unpaired) electrons. The molecule has 0 aliphatic rings. The first-order valence-corrected chi connectivity index (χ1v) is 5.91. The first kappa shape index (κ1) is 11.3. The first-order valence-electron chi connectivity index (χ1n) is 5.91. The minimum absolute atomic E-state index is 0.0329. The van der Waals surface area contributed by atoms with Crippen LogP contribution in [-0.2, 0) is 0 Å². The van der Waals surface area contributed by atoms with Crippen LogP contribution in [0.5, 0.6) is 0 Å². The molecule has 0 spiro atoms. The van der Waals surface area contributed by atoms with E-state index in [1.807, 2.05) is 48.5 Å². The van der Waals surface area contributed by atoms with Crippen LogP contribution >= 0.6 is 0 Å². The third-order valence-electron chi connectivity index (χ3n) is 2.94. The van der Waals surface area contributed by atoms with Crippen molar-refractivity contribution in [1.29, 1.82) is 5.41 Å². The molecule has 19 heavy (non-hydrogen) atoms. The molecule has 4 nitrogen and oxygen atoms in total. The zero-order valence-corrected chi connectivity index (χ0v) is 10.2. The average molecular weight is 248 g/mol. The second kappa shape index (κ2) is 4.49. The molecule has 0 atom stereocenters. The number of amidine groups is 1. The summed E-state index contributed by atoms with van der Waals surface area (Å²) >= 11 is 0. The third kappa shape index (κ3) is 2.04. The van der Waals surface area contributed by atoms with E-state index in [1.165, 1.54) is 0 Å². The Hall–Kier alpha value is -2.75. The molecule has 0 saturated carbocycles. The van der Waals surface area contributed by atoms with Gasteiger partial charge in [0, 0.05) is 11.1 Å². The monoisotopic (exact) mass is 248 g/mol. The molecule has 3 N–H and O–H groups in total. The van der Waals surface area contributed by atoms with Gasteiger partial charge in [0.25, 0.3) is 0 Å². The Morgan fingerprint density at radius 2 is 1.63 bits per heavy atom. The van der Waals surface area contributed by atoms with E-state index >= 15 is 0 Å². The van der Waals surface area contributed by atoms with Gasteiger partial charge in [-0.25, -0.2) is 4.98 Å². The largest absolute Gasteiger partial charge is 0.384 e. The summed E-state index contributed by atoms with van der Waals surface area (Å²) in [7, 11) is 0. The highest BCUT2D eigenvalue weighted by atomic mass is 14.8.